The Morgan fingerprint density at radius 1 is 1.27 bits per heavy atom. The van der Waals surface area contributed by atoms with E-state index < -0.39 is 0 Å². The van der Waals surface area contributed by atoms with Crippen LogP contribution in [0.15, 0.2) is 40.9 Å². The van der Waals surface area contributed by atoms with Gasteiger partial charge in [0.15, 0.2) is 0 Å². The van der Waals surface area contributed by atoms with Gasteiger partial charge in [0.2, 0.25) is 0 Å². The zero-order chi connectivity index (χ0) is 16.1. The van der Waals surface area contributed by atoms with Crippen LogP contribution in [0.2, 0.25) is 0 Å². The molecule has 0 aliphatic rings. The highest BCUT2D eigenvalue weighted by Crippen LogP contribution is 2.29. The maximum Gasteiger partial charge on any atom is 0.310 e. The van der Waals surface area contributed by atoms with Crippen LogP contribution in [-0.2, 0) is 11.4 Å². The van der Waals surface area contributed by atoms with E-state index in [0.717, 1.165) is 4.47 Å². The van der Waals surface area contributed by atoms with E-state index >= 15 is 0 Å². The van der Waals surface area contributed by atoms with E-state index in [0.29, 0.717) is 22.6 Å². The zero-order valence-corrected chi connectivity index (χ0v) is 13.9. The SMILES string of the molecule is CCC(=O)Oc1cccc(Br)c1COc1ccc(C)c(F)c1. The molecule has 0 aliphatic carbocycles. The number of aryl methyl sites for hydroxylation is 1. The van der Waals surface area contributed by atoms with Crippen LogP contribution in [0, 0.1) is 12.7 Å². The highest BCUT2D eigenvalue weighted by atomic mass is 79.9. The molecule has 0 aliphatic heterocycles. The maximum absolute atomic E-state index is 13.5. The zero-order valence-electron chi connectivity index (χ0n) is 12.4. The Balaban J connectivity index is 2.17. The Morgan fingerprint density at radius 2 is 2.05 bits per heavy atom. The molecule has 2 aromatic carbocycles. The molecule has 0 saturated heterocycles. The van der Waals surface area contributed by atoms with Crippen molar-refractivity contribution in [3.63, 3.8) is 0 Å². The summed E-state index contributed by atoms with van der Waals surface area (Å²) >= 11 is 3.41. The minimum atomic E-state index is -0.319. The van der Waals surface area contributed by atoms with Crippen molar-refractivity contribution in [2.45, 2.75) is 26.9 Å². The fourth-order valence-corrected chi connectivity index (χ4v) is 2.25. The largest absolute Gasteiger partial charge is 0.489 e. The van der Waals surface area contributed by atoms with Crippen LogP contribution < -0.4 is 9.47 Å². The molecule has 3 nitrogen and oxygen atoms in total. The molecule has 2 aromatic rings. The molecule has 2 rings (SSSR count). The normalized spacial score (nSPS) is 10.4. The van der Waals surface area contributed by atoms with Crippen molar-refractivity contribution in [3.8, 4) is 11.5 Å². The standard InChI is InChI=1S/C17H16BrFO3/c1-3-17(20)22-16-6-4-5-14(18)13(16)10-21-12-8-7-11(2)15(19)9-12/h4-9H,3,10H2,1-2H3. The van der Waals surface area contributed by atoms with Crippen LogP contribution in [-0.4, -0.2) is 5.97 Å². The molecule has 0 N–H and O–H groups in total. The fraction of sp³-hybridized carbons (Fsp3) is 0.235. The lowest BCUT2D eigenvalue weighted by atomic mass is 10.2. The van der Waals surface area contributed by atoms with E-state index in [9.17, 15) is 9.18 Å². The number of ether oxygens (including phenoxy) is 2. The van der Waals surface area contributed by atoms with Crippen molar-refractivity contribution in [1.82, 2.24) is 0 Å². The average Bonchev–Trinajstić information content (AvgIpc) is 2.50. The molecular formula is C17H16BrFO3. The van der Waals surface area contributed by atoms with E-state index in [1.807, 2.05) is 6.07 Å². The Bertz CT molecular complexity index is 686. The molecule has 0 spiro atoms. The van der Waals surface area contributed by atoms with Crippen LogP contribution in [0.3, 0.4) is 0 Å². The molecule has 0 fully saturated rings. The van der Waals surface area contributed by atoms with Crippen molar-refractivity contribution in [2.75, 3.05) is 0 Å². The summed E-state index contributed by atoms with van der Waals surface area (Å²) in [6.07, 6.45) is 0.288. The predicted molar refractivity (Wildman–Crippen MR) is 85.5 cm³/mol. The lowest BCUT2D eigenvalue weighted by Gasteiger charge is -2.13. The quantitative estimate of drug-likeness (QED) is 0.563. The summed E-state index contributed by atoms with van der Waals surface area (Å²) in [5, 5.41) is 0. The Morgan fingerprint density at radius 3 is 2.73 bits per heavy atom. The smallest absolute Gasteiger partial charge is 0.310 e. The number of carbonyl (C=O) groups excluding carboxylic acids is 1. The first-order valence-electron chi connectivity index (χ1n) is 6.88. The number of esters is 1. The molecule has 22 heavy (non-hydrogen) atoms. The fourth-order valence-electron chi connectivity index (χ4n) is 1.79. The van der Waals surface area contributed by atoms with E-state index in [4.69, 9.17) is 9.47 Å². The molecule has 0 radical (unpaired) electrons. The van der Waals surface area contributed by atoms with Gasteiger partial charge in [-0.05, 0) is 30.7 Å². The Labute approximate surface area is 137 Å². The number of hydrogen-bond acceptors (Lipinski definition) is 3. The summed E-state index contributed by atoms with van der Waals surface area (Å²) in [7, 11) is 0. The second kappa shape index (κ2) is 7.40. The molecule has 116 valence electrons. The van der Waals surface area contributed by atoms with Crippen LogP contribution in [0.1, 0.15) is 24.5 Å². The van der Waals surface area contributed by atoms with Gasteiger partial charge in [0.25, 0.3) is 0 Å². The van der Waals surface area contributed by atoms with Gasteiger partial charge >= 0.3 is 5.97 Å². The van der Waals surface area contributed by atoms with E-state index in [1.165, 1.54) is 6.07 Å². The monoisotopic (exact) mass is 366 g/mol. The third-order valence-corrected chi connectivity index (χ3v) is 3.86. The van der Waals surface area contributed by atoms with Crippen LogP contribution >= 0.6 is 15.9 Å². The maximum atomic E-state index is 13.5. The number of benzene rings is 2. The second-order valence-corrected chi connectivity index (χ2v) is 5.60. The highest BCUT2D eigenvalue weighted by molar-refractivity contribution is 9.10. The molecule has 0 heterocycles. The Hall–Kier alpha value is -1.88. The molecular weight excluding hydrogens is 351 g/mol. The van der Waals surface area contributed by atoms with Gasteiger partial charge < -0.3 is 9.47 Å². The third kappa shape index (κ3) is 4.07. The molecule has 0 bridgehead atoms. The van der Waals surface area contributed by atoms with Crippen molar-refractivity contribution in [3.05, 3.63) is 57.8 Å². The van der Waals surface area contributed by atoms with Crippen molar-refractivity contribution < 1.29 is 18.7 Å². The summed E-state index contributed by atoms with van der Waals surface area (Å²) in [5.74, 6) is 0.225. The summed E-state index contributed by atoms with van der Waals surface area (Å²) in [4.78, 5) is 11.5. The van der Waals surface area contributed by atoms with Crippen molar-refractivity contribution >= 4 is 21.9 Å². The van der Waals surface area contributed by atoms with Gasteiger partial charge in [-0.2, -0.15) is 0 Å². The van der Waals surface area contributed by atoms with Gasteiger partial charge in [0.05, 0.1) is 0 Å². The topological polar surface area (TPSA) is 35.5 Å². The lowest BCUT2D eigenvalue weighted by molar-refractivity contribution is -0.134. The summed E-state index contributed by atoms with van der Waals surface area (Å²) in [6.45, 7) is 3.58. The molecule has 0 amide bonds. The molecule has 0 aromatic heterocycles. The number of hydrogen-bond donors (Lipinski definition) is 0. The lowest BCUT2D eigenvalue weighted by Crippen LogP contribution is -2.09. The minimum absolute atomic E-state index is 0.163. The van der Waals surface area contributed by atoms with Gasteiger partial charge in [0.1, 0.15) is 23.9 Å². The van der Waals surface area contributed by atoms with Crippen LogP contribution in [0.5, 0.6) is 11.5 Å². The molecule has 0 unspecified atom stereocenters. The van der Waals surface area contributed by atoms with Crippen molar-refractivity contribution in [1.29, 1.82) is 0 Å². The van der Waals surface area contributed by atoms with Gasteiger partial charge in [-0.25, -0.2) is 4.39 Å². The van der Waals surface area contributed by atoms with E-state index in [1.54, 1.807) is 38.1 Å². The average molecular weight is 367 g/mol. The molecule has 0 atom stereocenters. The third-order valence-electron chi connectivity index (χ3n) is 3.11. The first-order chi connectivity index (χ1) is 10.5. The molecule has 0 saturated carbocycles. The molecule has 5 heteroatoms. The first-order valence-corrected chi connectivity index (χ1v) is 7.67. The minimum Gasteiger partial charge on any atom is -0.489 e. The Kier molecular flexibility index (Phi) is 5.55. The van der Waals surface area contributed by atoms with Gasteiger partial charge in [-0.3, -0.25) is 4.79 Å². The highest BCUT2D eigenvalue weighted by Gasteiger charge is 2.12. The van der Waals surface area contributed by atoms with Crippen LogP contribution in [0.4, 0.5) is 4.39 Å². The van der Waals surface area contributed by atoms with Gasteiger partial charge in [-0.15, -0.1) is 0 Å². The summed E-state index contributed by atoms with van der Waals surface area (Å²) in [5.41, 5.74) is 1.26. The summed E-state index contributed by atoms with van der Waals surface area (Å²) in [6, 6.07) is 10.0. The predicted octanol–water partition coefficient (Wildman–Crippen LogP) is 4.79. The number of rotatable bonds is 5. The van der Waals surface area contributed by atoms with Gasteiger partial charge in [-0.1, -0.05) is 35.0 Å². The first kappa shape index (κ1) is 16.5. The summed E-state index contributed by atoms with van der Waals surface area (Å²) < 4.78 is 25.2. The van der Waals surface area contributed by atoms with Crippen LogP contribution in [0.25, 0.3) is 0 Å². The second-order valence-electron chi connectivity index (χ2n) is 4.74. The number of carbonyl (C=O) groups is 1. The van der Waals surface area contributed by atoms with E-state index in [-0.39, 0.29) is 24.8 Å². The number of halogens is 2. The van der Waals surface area contributed by atoms with Gasteiger partial charge in [0, 0.05) is 22.5 Å². The van der Waals surface area contributed by atoms with Crippen molar-refractivity contribution in [2.24, 2.45) is 0 Å². The van der Waals surface area contributed by atoms with E-state index in [2.05, 4.69) is 15.9 Å².